The van der Waals surface area contributed by atoms with E-state index >= 15 is 0 Å². The predicted octanol–water partition coefficient (Wildman–Crippen LogP) is 3.70. The molecule has 0 heterocycles. The summed E-state index contributed by atoms with van der Waals surface area (Å²) in [5.74, 6) is 0.312. The molecule has 0 spiro atoms. The van der Waals surface area contributed by atoms with Gasteiger partial charge in [0.1, 0.15) is 10.8 Å². The molecule has 1 aromatic rings. The van der Waals surface area contributed by atoms with Crippen LogP contribution in [-0.2, 0) is 0 Å². The lowest BCUT2D eigenvalue weighted by atomic mass is 10.0. The van der Waals surface area contributed by atoms with Crippen molar-refractivity contribution in [2.75, 3.05) is 5.32 Å². The summed E-state index contributed by atoms with van der Waals surface area (Å²) >= 11 is 4.77. The lowest BCUT2D eigenvalue weighted by Gasteiger charge is -2.16. The van der Waals surface area contributed by atoms with Gasteiger partial charge in [0.05, 0.1) is 0 Å². The lowest BCUT2D eigenvalue weighted by molar-refractivity contribution is 0.527. The Labute approximate surface area is 114 Å². The maximum atomic E-state index is 13.7. The number of halogens is 1. The first kappa shape index (κ1) is 14.9. The molecule has 2 nitrogen and oxygen atoms in total. The van der Waals surface area contributed by atoms with Crippen molar-refractivity contribution in [2.24, 2.45) is 11.7 Å². The minimum Gasteiger partial charge on any atom is -0.389 e. The van der Waals surface area contributed by atoms with Crippen LogP contribution in [0.15, 0.2) is 18.2 Å². The van der Waals surface area contributed by atoms with Crippen LogP contribution in [0.4, 0.5) is 10.1 Å². The van der Waals surface area contributed by atoms with E-state index < -0.39 is 0 Å². The summed E-state index contributed by atoms with van der Waals surface area (Å²) < 4.78 is 13.7. The van der Waals surface area contributed by atoms with Crippen LogP contribution in [0.1, 0.15) is 39.2 Å². The quantitative estimate of drug-likeness (QED) is 0.773. The molecule has 0 fully saturated rings. The standard InChI is InChI=1S/C14H21FN2S/c1-9(2)4-5-10(3)17-11-6-7-12(14(16)18)13(15)8-11/h6-10,17H,4-5H2,1-3H3,(H2,16,18). The van der Waals surface area contributed by atoms with Gasteiger partial charge in [-0.15, -0.1) is 0 Å². The van der Waals surface area contributed by atoms with Crippen LogP contribution in [0.25, 0.3) is 0 Å². The van der Waals surface area contributed by atoms with Gasteiger partial charge in [-0.1, -0.05) is 26.1 Å². The fourth-order valence-corrected chi connectivity index (χ4v) is 1.91. The van der Waals surface area contributed by atoms with Crippen LogP contribution in [0.5, 0.6) is 0 Å². The van der Waals surface area contributed by atoms with Gasteiger partial charge in [-0.25, -0.2) is 4.39 Å². The first-order valence-electron chi connectivity index (χ1n) is 6.26. The number of thiocarbonyl (C=S) groups is 1. The van der Waals surface area contributed by atoms with Gasteiger partial charge in [-0.3, -0.25) is 0 Å². The van der Waals surface area contributed by atoms with Crippen LogP contribution >= 0.6 is 12.2 Å². The van der Waals surface area contributed by atoms with Crippen molar-refractivity contribution in [2.45, 2.75) is 39.7 Å². The maximum Gasteiger partial charge on any atom is 0.135 e. The van der Waals surface area contributed by atoms with E-state index in [0.717, 1.165) is 18.5 Å². The Balaban J connectivity index is 2.63. The van der Waals surface area contributed by atoms with Crippen molar-refractivity contribution >= 4 is 22.9 Å². The molecular weight excluding hydrogens is 247 g/mol. The van der Waals surface area contributed by atoms with E-state index in [1.807, 2.05) is 6.07 Å². The van der Waals surface area contributed by atoms with Gasteiger partial charge in [-0.2, -0.15) is 0 Å². The van der Waals surface area contributed by atoms with Gasteiger partial charge in [0, 0.05) is 17.3 Å². The van der Waals surface area contributed by atoms with Gasteiger partial charge >= 0.3 is 0 Å². The van der Waals surface area contributed by atoms with Crippen LogP contribution in [0.2, 0.25) is 0 Å². The number of nitrogens with two attached hydrogens (primary N) is 1. The molecule has 0 aliphatic rings. The Morgan fingerprint density at radius 2 is 2.00 bits per heavy atom. The number of anilines is 1. The van der Waals surface area contributed by atoms with Crippen LogP contribution in [0, 0.1) is 11.7 Å². The van der Waals surface area contributed by atoms with Gasteiger partial charge in [0.15, 0.2) is 0 Å². The predicted molar refractivity (Wildman–Crippen MR) is 79.4 cm³/mol. The summed E-state index contributed by atoms with van der Waals surface area (Å²) in [6.45, 7) is 6.49. The number of hydrogen-bond acceptors (Lipinski definition) is 2. The Morgan fingerprint density at radius 3 is 2.50 bits per heavy atom. The zero-order valence-corrected chi connectivity index (χ0v) is 12.0. The smallest absolute Gasteiger partial charge is 0.135 e. The first-order valence-corrected chi connectivity index (χ1v) is 6.67. The van der Waals surface area contributed by atoms with Gasteiger partial charge in [0.2, 0.25) is 0 Å². The van der Waals surface area contributed by atoms with Crippen LogP contribution in [0.3, 0.4) is 0 Å². The first-order chi connectivity index (χ1) is 8.40. The highest BCUT2D eigenvalue weighted by atomic mass is 32.1. The second-order valence-corrected chi connectivity index (χ2v) is 5.52. The second-order valence-electron chi connectivity index (χ2n) is 5.08. The molecular formula is C14H21FN2S. The van der Waals surface area contributed by atoms with E-state index in [1.54, 1.807) is 6.07 Å². The molecule has 3 N–H and O–H groups in total. The summed E-state index contributed by atoms with van der Waals surface area (Å²) in [7, 11) is 0. The zero-order valence-electron chi connectivity index (χ0n) is 11.2. The summed E-state index contributed by atoms with van der Waals surface area (Å²) in [5, 5.41) is 3.28. The van der Waals surface area contributed by atoms with Crippen molar-refractivity contribution in [3.05, 3.63) is 29.6 Å². The van der Waals surface area contributed by atoms with E-state index in [1.165, 1.54) is 6.07 Å². The molecule has 0 radical (unpaired) electrons. The lowest BCUT2D eigenvalue weighted by Crippen LogP contribution is -2.17. The molecule has 0 bridgehead atoms. The molecule has 1 atom stereocenters. The number of benzene rings is 1. The number of hydrogen-bond donors (Lipinski definition) is 2. The largest absolute Gasteiger partial charge is 0.389 e. The third-order valence-electron chi connectivity index (χ3n) is 2.82. The summed E-state index contributed by atoms with van der Waals surface area (Å²) in [4.78, 5) is 0.0897. The fraction of sp³-hybridized carbons (Fsp3) is 0.500. The Kier molecular flexibility index (Phi) is 5.54. The molecule has 0 saturated heterocycles. The normalized spacial score (nSPS) is 12.5. The highest BCUT2D eigenvalue weighted by Gasteiger charge is 2.08. The highest BCUT2D eigenvalue weighted by molar-refractivity contribution is 7.80. The Bertz CT molecular complexity index is 418. The van der Waals surface area contributed by atoms with E-state index in [-0.39, 0.29) is 10.8 Å². The van der Waals surface area contributed by atoms with E-state index in [4.69, 9.17) is 18.0 Å². The molecule has 0 saturated carbocycles. The molecule has 1 aromatic carbocycles. The molecule has 100 valence electrons. The van der Waals surface area contributed by atoms with Crippen LogP contribution in [-0.4, -0.2) is 11.0 Å². The third-order valence-corrected chi connectivity index (χ3v) is 3.04. The summed E-state index contributed by atoms with van der Waals surface area (Å²) in [5.41, 5.74) is 6.48. The molecule has 4 heteroatoms. The molecule has 1 unspecified atom stereocenters. The van der Waals surface area contributed by atoms with Crippen molar-refractivity contribution in [3.63, 3.8) is 0 Å². The second kappa shape index (κ2) is 6.69. The molecule has 0 aliphatic carbocycles. The average molecular weight is 268 g/mol. The minimum absolute atomic E-state index is 0.0897. The van der Waals surface area contributed by atoms with Gasteiger partial charge < -0.3 is 11.1 Å². The topological polar surface area (TPSA) is 38.0 Å². The van der Waals surface area contributed by atoms with E-state index in [0.29, 0.717) is 17.5 Å². The molecule has 0 aliphatic heterocycles. The van der Waals surface area contributed by atoms with Crippen molar-refractivity contribution in [1.82, 2.24) is 0 Å². The summed E-state index contributed by atoms with van der Waals surface area (Å²) in [6, 6.07) is 5.20. The van der Waals surface area contributed by atoms with Crippen molar-refractivity contribution < 1.29 is 4.39 Å². The highest BCUT2D eigenvalue weighted by Crippen LogP contribution is 2.17. The fourth-order valence-electron chi connectivity index (χ4n) is 1.74. The zero-order chi connectivity index (χ0) is 13.7. The van der Waals surface area contributed by atoms with Crippen molar-refractivity contribution in [3.8, 4) is 0 Å². The molecule has 18 heavy (non-hydrogen) atoms. The van der Waals surface area contributed by atoms with Crippen molar-refractivity contribution in [1.29, 1.82) is 0 Å². The minimum atomic E-state index is -0.372. The number of nitrogens with one attached hydrogen (secondary N) is 1. The molecule has 0 aromatic heterocycles. The SMILES string of the molecule is CC(C)CCC(C)Nc1ccc(C(N)=S)c(F)c1. The Morgan fingerprint density at radius 1 is 1.33 bits per heavy atom. The number of rotatable bonds is 6. The summed E-state index contributed by atoms with van der Waals surface area (Å²) in [6.07, 6.45) is 2.22. The average Bonchev–Trinajstić information content (AvgIpc) is 2.26. The Hall–Kier alpha value is -1.16. The monoisotopic (exact) mass is 268 g/mol. The van der Waals surface area contributed by atoms with Gasteiger partial charge in [0.25, 0.3) is 0 Å². The van der Waals surface area contributed by atoms with E-state index in [9.17, 15) is 4.39 Å². The van der Waals surface area contributed by atoms with Gasteiger partial charge in [-0.05, 0) is 43.9 Å². The molecule has 1 rings (SSSR count). The maximum absolute atomic E-state index is 13.7. The van der Waals surface area contributed by atoms with E-state index in [2.05, 4.69) is 26.1 Å². The van der Waals surface area contributed by atoms with Crippen LogP contribution < -0.4 is 11.1 Å². The third kappa shape index (κ3) is 4.61. The molecule has 0 amide bonds.